The van der Waals surface area contributed by atoms with Crippen LogP contribution < -0.4 is 4.74 Å². The monoisotopic (exact) mass is 656 g/mol. The van der Waals surface area contributed by atoms with Crippen molar-refractivity contribution in [1.29, 1.82) is 0 Å². The molecule has 3 aromatic rings. The number of fused-ring (bicyclic) bond motifs is 3. The molecular formula is C36H44ClF3N4O2. The number of alkyl halides is 3. The molecule has 46 heavy (non-hydrogen) atoms. The van der Waals surface area contributed by atoms with E-state index in [1.165, 1.54) is 5.57 Å². The van der Waals surface area contributed by atoms with E-state index in [1.807, 2.05) is 32.0 Å². The third-order valence-electron chi connectivity index (χ3n) is 8.79. The Bertz CT molecular complexity index is 1580. The molecule has 0 bridgehead atoms. The molecule has 1 saturated heterocycles. The molecule has 0 spiro atoms. The van der Waals surface area contributed by atoms with Crippen molar-refractivity contribution in [3.05, 3.63) is 94.2 Å². The number of hydrogen-bond acceptors (Lipinski definition) is 5. The summed E-state index contributed by atoms with van der Waals surface area (Å²) in [5.41, 5.74) is 4.65. The molecule has 10 heteroatoms. The van der Waals surface area contributed by atoms with Crippen LogP contribution in [-0.2, 0) is 10.9 Å². The molecule has 1 unspecified atom stereocenters. The number of hydrogen-bond donors (Lipinski definition) is 0. The Hall–Kier alpha value is -3.30. The zero-order valence-electron chi connectivity index (χ0n) is 27.4. The van der Waals surface area contributed by atoms with Gasteiger partial charge >= 0.3 is 6.18 Å². The summed E-state index contributed by atoms with van der Waals surface area (Å²) in [5.74, 6) is 0.198. The number of rotatable bonds is 9. The molecule has 2 aliphatic heterocycles. The number of piperidine rings is 1. The van der Waals surface area contributed by atoms with E-state index >= 15 is 0 Å². The highest BCUT2D eigenvalue weighted by atomic mass is 35.5. The number of nitrogens with zero attached hydrogens (tertiary/aromatic N) is 4. The summed E-state index contributed by atoms with van der Waals surface area (Å²) in [5, 5.41) is 8.10. The zero-order chi connectivity index (χ0) is 33.4. The molecule has 3 heterocycles. The van der Waals surface area contributed by atoms with Crippen LogP contribution in [-0.4, -0.2) is 39.4 Å². The van der Waals surface area contributed by atoms with Crippen molar-refractivity contribution in [3.8, 4) is 11.4 Å². The topological polar surface area (TPSA) is 52.4 Å². The predicted octanol–water partition coefficient (Wildman–Crippen LogP) is 9.81. The lowest BCUT2D eigenvalue weighted by Gasteiger charge is -2.36. The van der Waals surface area contributed by atoms with E-state index in [0.717, 1.165) is 60.2 Å². The van der Waals surface area contributed by atoms with Gasteiger partial charge in [0.1, 0.15) is 18.0 Å². The van der Waals surface area contributed by atoms with Crippen LogP contribution >= 0.6 is 11.6 Å². The first kappa shape index (κ1) is 34.0. The maximum atomic E-state index is 14.4. The van der Waals surface area contributed by atoms with E-state index in [-0.39, 0.29) is 23.3 Å². The maximum Gasteiger partial charge on any atom is 0.452 e. The van der Waals surface area contributed by atoms with Gasteiger partial charge in [-0.15, -0.1) is 10.2 Å². The van der Waals surface area contributed by atoms with Crippen molar-refractivity contribution in [3.63, 3.8) is 0 Å². The molecule has 2 aliphatic rings. The van der Waals surface area contributed by atoms with Crippen molar-refractivity contribution in [1.82, 2.24) is 19.7 Å². The first-order valence-electron chi connectivity index (χ1n) is 16.0. The van der Waals surface area contributed by atoms with Crippen LogP contribution in [0, 0.1) is 18.3 Å². The lowest BCUT2D eigenvalue weighted by Crippen LogP contribution is -2.33. The summed E-state index contributed by atoms with van der Waals surface area (Å²) in [6.07, 6.45) is -2.11. The van der Waals surface area contributed by atoms with Crippen LogP contribution in [0.15, 0.2) is 60.8 Å². The minimum atomic E-state index is -4.74. The lowest BCUT2D eigenvalue weighted by atomic mass is 9.82. The Labute approximate surface area is 275 Å². The largest absolute Gasteiger partial charge is 0.494 e. The smallest absolute Gasteiger partial charge is 0.452 e. The number of ether oxygens (including phenoxy) is 2. The lowest BCUT2D eigenvalue weighted by molar-refractivity contribution is -0.146. The van der Waals surface area contributed by atoms with Crippen molar-refractivity contribution in [2.24, 2.45) is 11.3 Å². The molecule has 0 N–H and O–H groups in total. The summed E-state index contributed by atoms with van der Waals surface area (Å²) >= 11 is 6.46. The average molecular weight is 657 g/mol. The molecule has 0 radical (unpaired) electrons. The highest BCUT2D eigenvalue weighted by Gasteiger charge is 2.43. The number of aromatic nitrogens is 3. The summed E-state index contributed by atoms with van der Waals surface area (Å²) in [6.45, 7) is 21.3. The molecule has 2 atom stereocenters. The van der Waals surface area contributed by atoms with Crippen molar-refractivity contribution in [2.45, 2.75) is 85.1 Å². The second-order valence-electron chi connectivity index (χ2n) is 13.7. The molecule has 248 valence electrons. The minimum absolute atomic E-state index is 0.0755. The van der Waals surface area contributed by atoms with E-state index in [2.05, 4.69) is 49.0 Å². The van der Waals surface area contributed by atoms with Gasteiger partial charge in [-0.05, 0) is 86.3 Å². The van der Waals surface area contributed by atoms with E-state index in [0.29, 0.717) is 28.9 Å². The van der Waals surface area contributed by atoms with Gasteiger partial charge in [0.2, 0.25) is 5.82 Å². The van der Waals surface area contributed by atoms with Crippen molar-refractivity contribution < 1.29 is 22.6 Å². The molecular weight excluding hydrogens is 613 g/mol. The molecule has 1 aromatic heterocycles. The van der Waals surface area contributed by atoms with Gasteiger partial charge in [-0.25, -0.2) is 0 Å². The third-order valence-corrected chi connectivity index (χ3v) is 9.03. The van der Waals surface area contributed by atoms with Gasteiger partial charge in [0.15, 0.2) is 5.82 Å². The second-order valence-corrected chi connectivity index (χ2v) is 14.2. The summed E-state index contributed by atoms with van der Waals surface area (Å²) in [6, 6.07) is 10.5. The Morgan fingerprint density at radius 3 is 2.41 bits per heavy atom. The second kappa shape index (κ2) is 13.4. The van der Waals surface area contributed by atoms with Crippen LogP contribution in [0.5, 0.6) is 5.75 Å². The Balaban J connectivity index is 1.47. The van der Waals surface area contributed by atoms with Crippen molar-refractivity contribution >= 4 is 11.6 Å². The van der Waals surface area contributed by atoms with Gasteiger partial charge in [-0.3, -0.25) is 4.57 Å². The Morgan fingerprint density at radius 2 is 1.76 bits per heavy atom. The minimum Gasteiger partial charge on any atom is -0.494 e. The van der Waals surface area contributed by atoms with E-state index in [4.69, 9.17) is 21.1 Å². The fourth-order valence-corrected chi connectivity index (χ4v) is 6.98. The first-order valence-corrected chi connectivity index (χ1v) is 16.3. The molecule has 0 amide bonds. The summed E-state index contributed by atoms with van der Waals surface area (Å²) in [4.78, 5) is 2.22. The standard InChI is InChI=1S/C36H44ClF3N4O2/c1-8-45-30-11-9-10-27(24(30)4)32-28-20-26(37)12-13-29(28)44-33(41-42-34(44)36(38,39)40)31(46-32)19-23(3)43-16-14-25(15-17-43)18-22(2)21-35(5,6)7/h9-13,20,25,31-32H,2-3,8,14-19,21H2,1,4-7H3/t31-,32?/m1/s1. The van der Waals surface area contributed by atoms with E-state index in [1.54, 1.807) is 18.2 Å². The van der Waals surface area contributed by atoms with Gasteiger partial charge in [-0.2, -0.15) is 13.2 Å². The molecule has 6 nitrogen and oxygen atoms in total. The number of likely N-dealkylation sites (tertiary alicyclic amines) is 1. The molecule has 0 saturated carbocycles. The molecule has 0 aliphatic carbocycles. The fraction of sp³-hybridized carbons (Fsp3) is 0.500. The quantitative estimate of drug-likeness (QED) is 0.215. The normalized spacial score (nSPS) is 18.9. The van der Waals surface area contributed by atoms with Gasteiger partial charge < -0.3 is 14.4 Å². The van der Waals surface area contributed by atoms with Gasteiger partial charge in [-0.1, -0.05) is 63.2 Å². The summed E-state index contributed by atoms with van der Waals surface area (Å²) < 4.78 is 57.0. The predicted molar refractivity (Wildman–Crippen MR) is 175 cm³/mol. The van der Waals surface area contributed by atoms with Gasteiger partial charge in [0.25, 0.3) is 0 Å². The fourth-order valence-electron chi connectivity index (χ4n) is 6.80. The number of benzene rings is 2. The average Bonchev–Trinajstić information content (AvgIpc) is 3.37. The number of halogens is 4. The Kier molecular flexibility index (Phi) is 9.94. The molecule has 1 fully saturated rings. The third kappa shape index (κ3) is 7.46. The zero-order valence-corrected chi connectivity index (χ0v) is 28.1. The van der Waals surface area contributed by atoms with Crippen LogP contribution in [0.4, 0.5) is 13.2 Å². The molecule has 2 aromatic carbocycles. The van der Waals surface area contributed by atoms with Crippen LogP contribution in [0.1, 0.15) is 100 Å². The van der Waals surface area contributed by atoms with Gasteiger partial charge in [0.05, 0.1) is 12.3 Å². The van der Waals surface area contributed by atoms with Gasteiger partial charge in [0, 0.05) is 35.8 Å². The first-order chi connectivity index (χ1) is 21.7. The number of allylic oxidation sites excluding steroid dienone is 1. The van der Waals surface area contributed by atoms with Crippen molar-refractivity contribution in [2.75, 3.05) is 19.7 Å². The van der Waals surface area contributed by atoms with Crippen LogP contribution in [0.3, 0.4) is 0 Å². The van der Waals surface area contributed by atoms with E-state index in [9.17, 15) is 13.2 Å². The maximum absolute atomic E-state index is 14.4. The molecule has 5 rings (SSSR count). The van der Waals surface area contributed by atoms with Crippen LogP contribution in [0.25, 0.3) is 5.69 Å². The highest BCUT2D eigenvalue weighted by Crippen LogP contribution is 2.46. The highest BCUT2D eigenvalue weighted by molar-refractivity contribution is 6.30. The van der Waals surface area contributed by atoms with Crippen LogP contribution in [0.2, 0.25) is 5.02 Å². The SMILES string of the molecule is C=C(CC1CCN(C(=C)C[C@H]2OC(c3cccc(OCC)c3C)c3cc(Cl)ccc3-n3c2nnc3C(F)(F)F)CC1)CC(C)(C)C. The summed E-state index contributed by atoms with van der Waals surface area (Å²) in [7, 11) is 0. The van der Waals surface area contributed by atoms with E-state index < -0.39 is 24.2 Å². The Morgan fingerprint density at radius 1 is 1.04 bits per heavy atom.